The van der Waals surface area contributed by atoms with Crippen LogP contribution in [-0.2, 0) is 9.47 Å². The molecule has 0 bridgehead atoms. The third-order valence-electron chi connectivity index (χ3n) is 4.66. The largest absolute Gasteiger partial charge is 0.379 e. The molecule has 0 rings (SSSR count). The summed E-state index contributed by atoms with van der Waals surface area (Å²) in [4.78, 5) is 0. The summed E-state index contributed by atoms with van der Waals surface area (Å²) in [5.41, 5.74) is 0. The minimum Gasteiger partial charge on any atom is -0.379 e. The van der Waals surface area contributed by atoms with E-state index in [1.54, 1.807) is 0 Å². The highest BCUT2D eigenvalue weighted by atomic mass is 16.5. The molecule has 0 fully saturated rings. The molecule has 0 radical (unpaired) electrons. The van der Waals surface area contributed by atoms with Gasteiger partial charge in [0.25, 0.3) is 0 Å². The minimum absolute atomic E-state index is 0.771. The normalized spacial score (nSPS) is 11.2. The predicted octanol–water partition coefficient (Wildman–Crippen LogP) is 7.30. The van der Waals surface area contributed by atoms with Gasteiger partial charge in [0.2, 0.25) is 0 Å². The molecule has 0 aliphatic carbocycles. The Hall–Kier alpha value is -0.0800. The number of ether oxygens (including phenoxy) is 2. The van der Waals surface area contributed by atoms with E-state index in [0.29, 0.717) is 0 Å². The Morgan fingerprint density at radius 3 is 0.958 bits per heavy atom. The molecule has 0 unspecified atom stereocenters. The fraction of sp³-hybridized carbons (Fsp3) is 1.00. The van der Waals surface area contributed by atoms with Gasteiger partial charge < -0.3 is 9.47 Å². The van der Waals surface area contributed by atoms with Crippen LogP contribution in [0, 0.1) is 0 Å². The van der Waals surface area contributed by atoms with E-state index in [9.17, 15) is 0 Å². The maximum Gasteiger partial charge on any atom is 0.0700 e. The number of hydrogen-bond donors (Lipinski definition) is 0. The van der Waals surface area contributed by atoms with Gasteiger partial charge in [-0.1, -0.05) is 104 Å². The molecule has 24 heavy (non-hydrogen) atoms. The molecule has 0 spiro atoms. The average molecular weight is 343 g/mol. The lowest BCUT2D eigenvalue weighted by Gasteiger charge is -2.06. The molecule has 0 aromatic rings. The van der Waals surface area contributed by atoms with Crippen LogP contribution in [0.15, 0.2) is 0 Å². The molecule has 0 aliphatic heterocycles. The van der Waals surface area contributed by atoms with Gasteiger partial charge in [0.15, 0.2) is 0 Å². The number of rotatable bonds is 21. The number of unbranched alkanes of at least 4 members (excludes halogenated alkanes) is 14. The summed E-state index contributed by atoms with van der Waals surface area (Å²) in [7, 11) is 0. The zero-order chi connectivity index (χ0) is 17.6. The van der Waals surface area contributed by atoms with Crippen molar-refractivity contribution in [3.05, 3.63) is 0 Å². The van der Waals surface area contributed by atoms with Crippen LogP contribution in [-0.4, -0.2) is 26.4 Å². The van der Waals surface area contributed by atoms with Gasteiger partial charge >= 0.3 is 0 Å². The van der Waals surface area contributed by atoms with Crippen LogP contribution >= 0.6 is 0 Å². The second kappa shape index (κ2) is 22.9. The molecule has 0 heterocycles. The third-order valence-corrected chi connectivity index (χ3v) is 4.66. The molecule has 0 aliphatic rings. The summed E-state index contributed by atoms with van der Waals surface area (Å²) in [5.74, 6) is 0. The van der Waals surface area contributed by atoms with Crippen LogP contribution in [0.1, 0.15) is 117 Å². The second-order valence-electron chi connectivity index (χ2n) is 7.17. The fourth-order valence-corrected chi connectivity index (χ4v) is 3.00. The molecule has 2 heteroatoms. The summed E-state index contributed by atoms with van der Waals surface area (Å²) < 4.78 is 11.3. The van der Waals surface area contributed by atoms with Gasteiger partial charge in [-0.25, -0.2) is 0 Å². The van der Waals surface area contributed by atoms with Crippen LogP contribution in [0.25, 0.3) is 0 Å². The van der Waals surface area contributed by atoms with Crippen LogP contribution in [0.2, 0.25) is 0 Å². The SMILES string of the molecule is CCCCCCCCCCOCCOCCCCCCCCCC. The van der Waals surface area contributed by atoms with Gasteiger partial charge in [-0.05, 0) is 12.8 Å². The van der Waals surface area contributed by atoms with Crippen molar-refractivity contribution in [2.24, 2.45) is 0 Å². The monoisotopic (exact) mass is 342 g/mol. The van der Waals surface area contributed by atoms with E-state index in [1.807, 2.05) is 0 Å². The lowest BCUT2D eigenvalue weighted by atomic mass is 10.1. The van der Waals surface area contributed by atoms with E-state index < -0.39 is 0 Å². The lowest BCUT2D eigenvalue weighted by molar-refractivity contribution is 0.0448. The lowest BCUT2D eigenvalue weighted by Crippen LogP contribution is -2.06. The van der Waals surface area contributed by atoms with Crippen molar-refractivity contribution in [2.75, 3.05) is 26.4 Å². The van der Waals surface area contributed by atoms with Gasteiger partial charge in [0.05, 0.1) is 13.2 Å². The Morgan fingerprint density at radius 1 is 0.333 bits per heavy atom. The average Bonchev–Trinajstić information content (AvgIpc) is 2.60. The first-order valence-corrected chi connectivity index (χ1v) is 11.1. The van der Waals surface area contributed by atoms with E-state index >= 15 is 0 Å². The maximum atomic E-state index is 5.64. The summed E-state index contributed by atoms with van der Waals surface area (Å²) in [6.07, 6.45) is 21.8. The van der Waals surface area contributed by atoms with Crippen LogP contribution in [0.4, 0.5) is 0 Å². The highest BCUT2D eigenvalue weighted by molar-refractivity contribution is 4.47. The second-order valence-corrected chi connectivity index (χ2v) is 7.17. The molecule has 0 saturated heterocycles. The van der Waals surface area contributed by atoms with Gasteiger partial charge in [-0.3, -0.25) is 0 Å². The third kappa shape index (κ3) is 21.9. The molecule has 0 aromatic carbocycles. The van der Waals surface area contributed by atoms with Crippen molar-refractivity contribution in [1.82, 2.24) is 0 Å². The summed E-state index contributed by atoms with van der Waals surface area (Å²) in [5, 5.41) is 0. The molecule has 0 amide bonds. The quantitative estimate of drug-likeness (QED) is 0.204. The Balaban J connectivity index is 2.93. The Bertz CT molecular complexity index is 184. The molecule has 2 nitrogen and oxygen atoms in total. The van der Waals surface area contributed by atoms with E-state index in [2.05, 4.69) is 13.8 Å². The van der Waals surface area contributed by atoms with Crippen molar-refractivity contribution in [3.63, 3.8) is 0 Å². The first-order valence-electron chi connectivity index (χ1n) is 11.1. The highest BCUT2D eigenvalue weighted by Crippen LogP contribution is 2.09. The molecule has 0 N–H and O–H groups in total. The standard InChI is InChI=1S/C22H46O2/c1-3-5-7-9-11-13-15-17-19-23-21-22-24-20-18-16-14-12-10-8-6-4-2/h3-22H2,1-2H3. The van der Waals surface area contributed by atoms with Crippen molar-refractivity contribution in [2.45, 2.75) is 117 Å². The van der Waals surface area contributed by atoms with Crippen LogP contribution < -0.4 is 0 Å². The maximum absolute atomic E-state index is 5.64. The number of hydrogen-bond acceptors (Lipinski definition) is 2. The van der Waals surface area contributed by atoms with E-state index in [-0.39, 0.29) is 0 Å². The van der Waals surface area contributed by atoms with E-state index in [1.165, 1.54) is 103 Å². The predicted molar refractivity (Wildman–Crippen MR) is 107 cm³/mol. The smallest absolute Gasteiger partial charge is 0.0700 e. The summed E-state index contributed by atoms with van der Waals surface area (Å²) >= 11 is 0. The van der Waals surface area contributed by atoms with E-state index in [4.69, 9.17) is 9.47 Å². The molecule has 146 valence electrons. The van der Waals surface area contributed by atoms with Crippen molar-refractivity contribution in [3.8, 4) is 0 Å². The molecular weight excluding hydrogens is 296 g/mol. The highest BCUT2D eigenvalue weighted by Gasteiger charge is 1.94. The fourth-order valence-electron chi connectivity index (χ4n) is 3.00. The summed E-state index contributed by atoms with van der Waals surface area (Å²) in [6.45, 7) is 7.92. The Labute approximate surface area is 153 Å². The first kappa shape index (κ1) is 23.9. The van der Waals surface area contributed by atoms with Gasteiger partial charge in [-0.2, -0.15) is 0 Å². The molecular formula is C22H46O2. The topological polar surface area (TPSA) is 18.5 Å². The molecule has 0 saturated carbocycles. The van der Waals surface area contributed by atoms with E-state index in [0.717, 1.165) is 26.4 Å². The Morgan fingerprint density at radius 2 is 0.625 bits per heavy atom. The molecule has 0 atom stereocenters. The van der Waals surface area contributed by atoms with Crippen molar-refractivity contribution < 1.29 is 9.47 Å². The van der Waals surface area contributed by atoms with Crippen LogP contribution in [0.5, 0.6) is 0 Å². The zero-order valence-electron chi connectivity index (χ0n) is 17.0. The minimum atomic E-state index is 0.771. The molecule has 0 aromatic heterocycles. The summed E-state index contributed by atoms with van der Waals surface area (Å²) in [6, 6.07) is 0. The zero-order valence-corrected chi connectivity index (χ0v) is 17.0. The van der Waals surface area contributed by atoms with Crippen molar-refractivity contribution >= 4 is 0 Å². The Kier molecular flexibility index (Phi) is 22.8. The van der Waals surface area contributed by atoms with Crippen LogP contribution in [0.3, 0.4) is 0 Å². The van der Waals surface area contributed by atoms with Gasteiger partial charge in [0.1, 0.15) is 0 Å². The van der Waals surface area contributed by atoms with Gasteiger partial charge in [0, 0.05) is 13.2 Å². The van der Waals surface area contributed by atoms with Gasteiger partial charge in [-0.15, -0.1) is 0 Å². The van der Waals surface area contributed by atoms with Crippen molar-refractivity contribution in [1.29, 1.82) is 0 Å². The first-order chi connectivity index (χ1) is 11.9.